The average molecular weight is 550 g/mol. The van der Waals surface area contributed by atoms with Crippen LogP contribution in [0.4, 0.5) is 36.4 Å². The molecule has 0 aromatic heterocycles. The Labute approximate surface area is 213 Å². The van der Waals surface area contributed by atoms with Crippen LogP contribution in [-0.4, -0.2) is 30.8 Å². The number of carbonyl (C=O) groups is 2. The minimum absolute atomic E-state index is 0.0798. The lowest BCUT2D eigenvalue weighted by Crippen LogP contribution is -2.25. The van der Waals surface area contributed by atoms with Gasteiger partial charge in [0, 0.05) is 0 Å². The molecular formula is C25H25F7N2O4. The molecule has 208 valence electrons. The number of rotatable bonds is 10. The summed E-state index contributed by atoms with van der Waals surface area (Å²) in [5.74, 6) is -12.2. The van der Waals surface area contributed by atoms with Gasteiger partial charge in [0.1, 0.15) is 23.1 Å². The van der Waals surface area contributed by atoms with E-state index in [1.165, 1.54) is 12.4 Å². The van der Waals surface area contributed by atoms with Gasteiger partial charge in [-0.15, -0.1) is 0 Å². The molecule has 0 saturated heterocycles. The number of oxime groups is 1. The van der Waals surface area contributed by atoms with E-state index in [0.717, 1.165) is 12.5 Å². The van der Waals surface area contributed by atoms with Crippen molar-refractivity contribution in [3.8, 4) is 0 Å². The zero-order valence-electron chi connectivity index (χ0n) is 20.8. The van der Waals surface area contributed by atoms with Gasteiger partial charge in [0.15, 0.2) is 23.3 Å². The first kappa shape index (κ1) is 30.6. The molecule has 1 N–H and O–H groups in total. The summed E-state index contributed by atoms with van der Waals surface area (Å²) in [6.07, 6.45) is -4.64. The Morgan fingerprint density at radius 1 is 1.00 bits per heavy atom. The highest BCUT2D eigenvalue weighted by atomic mass is 19.4. The SMILES string of the molecule is CCCC(CC(C)c1ccc(C(=O)OC)cc1)O/N=C(\C)C(=O)Nc1c(F)c(F)c(C(F)(F)F)c(F)c1F. The average Bonchev–Trinajstić information content (AvgIpc) is 2.87. The number of ether oxygens (including phenoxy) is 1. The zero-order chi connectivity index (χ0) is 28.8. The van der Waals surface area contributed by atoms with E-state index < -0.39 is 64.4 Å². The molecule has 0 aliphatic heterocycles. The van der Waals surface area contributed by atoms with Crippen LogP contribution in [0.25, 0.3) is 0 Å². The van der Waals surface area contributed by atoms with E-state index in [1.54, 1.807) is 24.3 Å². The predicted molar refractivity (Wildman–Crippen MR) is 124 cm³/mol. The Morgan fingerprint density at radius 3 is 2.03 bits per heavy atom. The van der Waals surface area contributed by atoms with Gasteiger partial charge in [-0.2, -0.15) is 13.2 Å². The number of alkyl halides is 3. The summed E-state index contributed by atoms with van der Waals surface area (Å²) in [5, 5.41) is 5.12. The number of nitrogens with zero attached hydrogens (tertiary/aromatic N) is 1. The highest BCUT2D eigenvalue weighted by Gasteiger charge is 2.42. The van der Waals surface area contributed by atoms with Gasteiger partial charge in [0.25, 0.3) is 5.91 Å². The zero-order valence-corrected chi connectivity index (χ0v) is 20.8. The number of hydrogen-bond donors (Lipinski definition) is 1. The number of esters is 1. The highest BCUT2D eigenvalue weighted by Crippen LogP contribution is 2.38. The third-order valence-electron chi connectivity index (χ3n) is 5.58. The Kier molecular flexibility index (Phi) is 10.3. The second kappa shape index (κ2) is 12.7. The van der Waals surface area contributed by atoms with Gasteiger partial charge in [-0.05, 0) is 43.4 Å². The van der Waals surface area contributed by atoms with Crippen LogP contribution in [0, 0.1) is 23.3 Å². The molecule has 0 spiro atoms. The smallest absolute Gasteiger partial charge is 0.422 e. The summed E-state index contributed by atoms with van der Waals surface area (Å²) in [6.45, 7) is 4.83. The Bertz CT molecular complexity index is 1170. The largest absolute Gasteiger partial charge is 0.465 e. The maximum Gasteiger partial charge on any atom is 0.422 e. The monoisotopic (exact) mass is 550 g/mol. The summed E-state index contributed by atoms with van der Waals surface area (Å²) in [4.78, 5) is 29.3. The minimum atomic E-state index is -5.71. The molecule has 6 nitrogen and oxygen atoms in total. The molecule has 2 rings (SSSR count). The first-order valence-electron chi connectivity index (χ1n) is 11.4. The molecule has 2 aromatic carbocycles. The van der Waals surface area contributed by atoms with E-state index in [0.29, 0.717) is 24.8 Å². The van der Waals surface area contributed by atoms with Crippen molar-refractivity contribution in [3.05, 3.63) is 64.2 Å². The maximum absolute atomic E-state index is 14.1. The molecule has 0 fully saturated rings. The third kappa shape index (κ3) is 7.23. The summed E-state index contributed by atoms with van der Waals surface area (Å²) in [7, 11) is 1.27. The number of carbonyl (C=O) groups excluding carboxylic acids is 2. The normalized spacial score (nSPS) is 13.6. The number of amides is 1. The van der Waals surface area contributed by atoms with E-state index in [4.69, 9.17) is 4.84 Å². The van der Waals surface area contributed by atoms with E-state index in [9.17, 15) is 40.3 Å². The van der Waals surface area contributed by atoms with Crippen molar-refractivity contribution < 1.29 is 49.9 Å². The molecule has 0 heterocycles. The number of halogens is 7. The minimum Gasteiger partial charge on any atom is -0.465 e. The lowest BCUT2D eigenvalue weighted by Gasteiger charge is -2.20. The molecule has 0 aliphatic carbocycles. The summed E-state index contributed by atoms with van der Waals surface area (Å²) >= 11 is 0. The molecule has 0 aliphatic rings. The van der Waals surface area contributed by atoms with Crippen molar-refractivity contribution in [2.45, 2.75) is 58.2 Å². The fraction of sp³-hybridized carbons (Fsp3) is 0.400. The van der Waals surface area contributed by atoms with Crippen LogP contribution in [-0.2, 0) is 20.5 Å². The van der Waals surface area contributed by atoms with Crippen molar-refractivity contribution in [2.75, 3.05) is 12.4 Å². The van der Waals surface area contributed by atoms with Gasteiger partial charge in [-0.3, -0.25) is 4.79 Å². The summed E-state index contributed by atoms with van der Waals surface area (Å²) in [6, 6.07) is 6.69. The first-order valence-corrected chi connectivity index (χ1v) is 11.4. The lowest BCUT2D eigenvalue weighted by atomic mass is 9.93. The van der Waals surface area contributed by atoms with Crippen LogP contribution in [0.1, 0.15) is 67.4 Å². The number of methoxy groups -OCH3 is 1. The fourth-order valence-corrected chi connectivity index (χ4v) is 3.52. The van der Waals surface area contributed by atoms with Crippen LogP contribution in [0.3, 0.4) is 0 Å². The molecule has 13 heteroatoms. The topological polar surface area (TPSA) is 77.0 Å². The Balaban J connectivity index is 2.15. The molecular weight excluding hydrogens is 525 g/mol. The quantitative estimate of drug-likeness (QED) is 0.117. The van der Waals surface area contributed by atoms with E-state index in [-0.39, 0.29) is 5.92 Å². The molecule has 2 unspecified atom stereocenters. The van der Waals surface area contributed by atoms with Crippen molar-refractivity contribution in [3.63, 3.8) is 0 Å². The van der Waals surface area contributed by atoms with Gasteiger partial charge in [0.2, 0.25) is 0 Å². The highest BCUT2D eigenvalue weighted by molar-refractivity contribution is 6.42. The van der Waals surface area contributed by atoms with Gasteiger partial charge in [-0.1, -0.05) is 37.6 Å². The van der Waals surface area contributed by atoms with Crippen molar-refractivity contribution in [2.24, 2.45) is 5.16 Å². The molecule has 0 bridgehead atoms. The summed E-state index contributed by atoms with van der Waals surface area (Å²) < 4.78 is 98.6. The van der Waals surface area contributed by atoms with Crippen LogP contribution in [0.5, 0.6) is 0 Å². The van der Waals surface area contributed by atoms with E-state index in [1.807, 2.05) is 13.8 Å². The standard InChI is InChI=1S/C25H25F7N2O4/c1-5-6-16(11-12(2)14-7-9-15(10-8-14)24(36)37-4)38-34-13(3)23(35)33-22-20(28)18(26)17(25(30,31)32)19(27)21(22)29/h7-10,12,16H,5-6,11H2,1-4H3,(H,33,35)/b34-13+. The van der Waals surface area contributed by atoms with Crippen LogP contribution >= 0.6 is 0 Å². The fourth-order valence-electron chi connectivity index (χ4n) is 3.52. The third-order valence-corrected chi connectivity index (χ3v) is 5.58. The molecule has 2 aromatic rings. The van der Waals surface area contributed by atoms with E-state index >= 15 is 0 Å². The number of anilines is 1. The Hall–Kier alpha value is -3.64. The van der Waals surface area contributed by atoms with E-state index in [2.05, 4.69) is 9.89 Å². The molecule has 2 atom stereocenters. The van der Waals surface area contributed by atoms with Gasteiger partial charge in [0.05, 0.1) is 12.7 Å². The number of hydrogen-bond acceptors (Lipinski definition) is 5. The molecule has 0 radical (unpaired) electrons. The maximum atomic E-state index is 14.1. The van der Waals surface area contributed by atoms with Crippen LogP contribution in [0.15, 0.2) is 29.4 Å². The van der Waals surface area contributed by atoms with Crippen molar-refractivity contribution >= 4 is 23.3 Å². The molecule has 38 heavy (non-hydrogen) atoms. The van der Waals surface area contributed by atoms with Crippen LogP contribution in [0.2, 0.25) is 0 Å². The lowest BCUT2D eigenvalue weighted by molar-refractivity contribution is -0.143. The first-order chi connectivity index (χ1) is 17.7. The number of benzene rings is 2. The second-order valence-corrected chi connectivity index (χ2v) is 8.40. The van der Waals surface area contributed by atoms with Crippen LogP contribution < -0.4 is 5.32 Å². The molecule has 1 amide bonds. The Morgan fingerprint density at radius 2 is 1.55 bits per heavy atom. The predicted octanol–water partition coefficient (Wildman–Crippen LogP) is 6.74. The van der Waals surface area contributed by atoms with Crippen molar-refractivity contribution in [1.82, 2.24) is 0 Å². The van der Waals surface area contributed by atoms with Gasteiger partial charge >= 0.3 is 12.1 Å². The van der Waals surface area contributed by atoms with Crippen molar-refractivity contribution in [1.29, 1.82) is 0 Å². The number of nitrogens with one attached hydrogen (secondary N) is 1. The van der Waals surface area contributed by atoms with Gasteiger partial charge < -0.3 is 14.9 Å². The molecule has 0 saturated carbocycles. The summed E-state index contributed by atoms with van der Waals surface area (Å²) in [5.41, 5.74) is -3.76. The second-order valence-electron chi connectivity index (χ2n) is 8.40. The van der Waals surface area contributed by atoms with Gasteiger partial charge in [-0.25, -0.2) is 22.4 Å².